The first-order chi connectivity index (χ1) is 12.7. The van der Waals surface area contributed by atoms with Crippen molar-refractivity contribution in [1.29, 1.82) is 0 Å². The quantitative estimate of drug-likeness (QED) is 0.653. The van der Waals surface area contributed by atoms with Crippen LogP contribution in [0.5, 0.6) is 5.75 Å². The number of hydrogen-bond acceptors (Lipinski definition) is 3. The van der Waals surface area contributed by atoms with Crippen molar-refractivity contribution in [1.82, 2.24) is 15.1 Å². The highest BCUT2D eigenvalue weighted by Crippen LogP contribution is 2.16. The monoisotopic (exact) mass is 356 g/mol. The lowest BCUT2D eigenvalue weighted by Gasteiger charge is -2.36. The van der Waals surface area contributed by atoms with Gasteiger partial charge in [-0.1, -0.05) is 36.4 Å². The van der Waals surface area contributed by atoms with Crippen molar-refractivity contribution in [3.8, 4) is 5.75 Å². The Labute approximate surface area is 153 Å². The van der Waals surface area contributed by atoms with Gasteiger partial charge < -0.3 is 15.3 Å². The molecule has 0 bridgehead atoms. The molecular weight excluding hydrogens is 331 g/mol. The highest BCUT2D eigenvalue weighted by molar-refractivity contribution is 5.80. The first-order valence-corrected chi connectivity index (χ1v) is 8.85. The summed E-state index contributed by atoms with van der Waals surface area (Å²) >= 11 is 0. The minimum atomic E-state index is -0.603. The summed E-state index contributed by atoms with van der Waals surface area (Å²) in [5.74, 6) is -0.112. The van der Waals surface area contributed by atoms with Crippen LogP contribution in [-0.2, 0) is 13.1 Å². The third-order valence-electron chi connectivity index (χ3n) is 4.60. The van der Waals surface area contributed by atoms with Crippen molar-refractivity contribution >= 4 is 5.96 Å². The molecule has 1 fully saturated rings. The first-order valence-electron chi connectivity index (χ1n) is 8.85. The van der Waals surface area contributed by atoms with Crippen LogP contribution in [0.1, 0.15) is 11.1 Å². The summed E-state index contributed by atoms with van der Waals surface area (Å²) in [6.07, 6.45) is 0. The van der Waals surface area contributed by atoms with Crippen molar-refractivity contribution < 1.29 is 9.50 Å². The average Bonchev–Trinajstić information content (AvgIpc) is 2.67. The lowest BCUT2D eigenvalue weighted by atomic mass is 10.2. The zero-order chi connectivity index (χ0) is 18.4. The molecule has 0 aliphatic carbocycles. The topological polar surface area (TPSA) is 51.1 Å². The normalized spacial score (nSPS) is 15.9. The van der Waals surface area contributed by atoms with Crippen molar-refractivity contribution in [2.45, 2.75) is 13.1 Å². The standard InChI is InChI=1S/C20H25FN4O/c1-22-20(23-14-17-7-8-19(26)18(21)13-17)25-11-9-24(10-12-25)15-16-5-3-2-4-6-16/h2-8,13,26H,9-12,14-15H2,1H3,(H,22,23). The average molecular weight is 356 g/mol. The number of piperazine rings is 1. The Bertz CT molecular complexity index is 743. The Morgan fingerprint density at radius 1 is 1.08 bits per heavy atom. The number of aromatic hydroxyl groups is 1. The van der Waals surface area contributed by atoms with Gasteiger partial charge in [0.25, 0.3) is 0 Å². The molecule has 0 spiro atoms. The number of hydrogen-bond donors (Lipinski definition) is 2. The summed E-state index contributed by atoms with van der Waals surface area (Å²) in [6.45, 7) is 5.18. The third kappa shape index (κ3) is 4.73. The molecule has 1 aliphatic rings. The van der Waals surface area contributed by atoms with Crippen LogP contribution in [0.3, 0.4) is 0 Å². The maximum Gasteiger partial charge on any atom is 0.194 e. The molecular formula is C20H25FN4O. The molecule has 1 heterocycles. The molecule has 6 heteroatoms. The molecule has 1 saturated heterocycles. The second-order valence-corrected chi connectivity index (χ2v) is 6.44. The SMILES string of the molecule is CN=C(NCc1ccc(O)c(F)c1)N1CCN(Cc2ccccc2)CC1. The minimum Gasteiger partial charge on any atom is -0.505 e. The maximum absolute atomic E-state index is 13.4. The molecule has 3 rings (SSSR count). The number of phenolic OH excluding ortho intramolecular Hbond substituents is 1. The van der Waals surface area contributed by atoms with Crippen LogP contribution in [0.2, 0.25) is 0 Å². The van der Waals surface area contributed by atoms with Crippen molar-refractivity contribution in [2.24, 2.45) is 4.99 Å². The highest BCUT2D eigenvalue weighted by atomic mass is 19.1. The van der Waals surface area contributed by atoms with E-state index in [2.05, 4.69) is 44.4 Å². The molecule has 0 radical (unpaired) electrons. The Balaban J connectivity index is 1.49. The van der Waals surface area contributed by atoms with Gasteiger partial charge >= 0.3 is 0 Å². The fourth-order valence-electron chi connectivity index (χ4n) is 3.13. The number of rotatable bonds is 4. The first kappa shape index (κ1) is 18.2. The van der Waals surface area contributed by atoms with E-state index in [1.54, 1.807) is 13.1 Å². The number of aliphatic imine (C=N–C) groups is 1. The molecule has 0 aromatic heterocycles. The maximum atomic E-state index is 13.4. The van der Waals surface area contributed by atoms with Crippen LogP contribution < -0.4 is 5.32 Å². The van der Waals surface area contributed by atoms with E-state index < -0.39 is 5.82 Å². The summed E-state index contributed by atoms with van der Waals surface area (Å²) in [4.78, 5) is 9.01. The molecule has 2 N–H and O–H groups in total. The van der Waals surface area contributed by atoms with Crippen LogP contribution in [0.15, 0.2) is 53.5 Å². The van der Waals surface area contributed by atoms with Gasteiger partial charge in [0, 0.05) is 46.3 Å². The van der Waals surface area contributed by atoms with E-state index in [1.807, 2.05) is 6.07 Å². The van der Waals surface area contributed by atoms with Gasteiger partial charge in [0.05, 0.1) is 0 Å². The summed E-state index contributed by atoms with van der Waals surface area (Å²) < 4.78 is 13.4. The summed E-state index contributed by atoms with van der Waals surface area (Å²) in [5, 5.41) is 12.5. The third-order valence-corrected chi connectivity index (χ3v) is 4.60. The zero-order valence-corrected chi connectivity index (χ0v) is 15.0. The zero-order valence-electron chi connectivity index (χ0n) is 15.0. The summed E-state index contributed by atoms with van der Waals surface area (Å²) in [7, 11) is 1.76. The van der Waals surface area contributed by atoms with Gasteiger partial charge in [0.1, 0.15) is 0 Å². The second-order valence-electron chi connectivity index (χ2n) is 6.44. The van der Waals surface area contributed by atoms with E-state index in [9.17, 15) is 9.50 Å². The fourth-order valence-corrected chi connectivity index (χ4v) is 3.13. The molecule has 2 aromatic rings. The number of halogens is 1. The Hall–Kier alpha value is -2.60. The second kappa shape index (κ2) is 8.67. The summed E-state index contributed by atoms with van der Waals surface area (Å²) in [6, 6.07) is 14.9. The lowest BCUT2D eigenvalue weighted by Crippen LogP contribution is -2.52. The molecule has 1 aliphatic heterocycles. The Morgan fingerprint density at radius 2 is 1.81 bits per heavy atom. The molecule has 0 atom stereocenters. The number of guanidine groups is 1. The Kier molecular flexibility index (Phi) is 6.07. The van der Waals surface area contributed by atoms with E-state index in [0.717, 1.165) is 44.2 Å². The minimum absolute atomic E-state index is 0.326. The predicted molar refractivity (Wildman–Crippen MR) is 102 cm³/mol. The van der Waals surface area contributed by atoms with Gasteiger partial charge in [0.2, 0.25) is 0 Å². The molecule has 0 amide bonds. The van der Waals surface area contributed by atoms with Crippen LogP contribution in [0.4, 0.5) is 4.39 Å². The van der Waals surface area contributed by atoms with E-state index in [0.29, 0.717) is 6.54 Å². The smallest absolute Gasteiger partial charge is 0.194 e. The van der Waals surface area contributed by atoms with Crippen LogP contribution >= 0.6 is 0 Å². The number of nitrogens with one attached hydrogen (secondary N) is 1. The van der Waals surface area contributed by atoms with Gasteiger partial charge in [-0.05, 0) is 23.3 Å². The largest absolute Gasteiger partial charge is 0.505 e. The van der Waals surface area contributed by atoms with E-state index in [-0.39, 0.29) is 5.75 Å². The number of nitrogens with zero attached hydrogens (tertiary/aromatic N) is 3. The van der Waals surface area contributed by atoms with Crippen molar-refractivity contribution in [3.63, 3.8) is 0 Å². The highest BCUT2D eigenvalue weighted by Gasteiger charge is 2.19. The molecule has 138 valence electrons. The molecule has 26 heavy (non-hydrogen) atoms. The van der Waals surface area contributed by atoms with Gasteiger partial charge in [-0.15, -0.1) is 0 Å². The fraction of sp³-hybridized carbons (Fsp3) is 0.350. The van der Waals surface area contributed by atoms with Crippen LogP contribution in [-0.4, -0.2) is 54.1 Å². The van der Waals surface area contributed by atoms with Gasteiger partial charge in [-0.3, -0.25) is 9.89 Å². The summed E-state index contributed by atoms with van der Waals surface area (Å²) in [5.41, 5.74) is 2.10. The van der Waals surface area contributed by atoms with Crippen LogP contribution in [0, 0.1) is 5.82 Å². The van der Waals surface area contributed by atoms with E-state index in [4.69, 9.17) is 0 Å². The number of benzene rings is 2. The van der Waals surface area contributed by atoms with Gasteiger partial charge in [-0.2, -0.15) is 0 Å². The van der Waals surface area contributed by atoms with Crippen LogP contribution in [0.25, 0.3) is 0 Å². The molecule has 5 nitrogen and oxygen atoms in total. The predicted octanol–water partition coefficient (Wildman–Crippen LogP) is 2.42. The lowest BCUT2D eigenvalue weighted by molar-refractivity contribution is 0.172. The van der Waals surface area contributed by atoms with Crippen molar-refractivity contribution in [3.05, 3.63) is 65.5 Å². The van der Waals surface area contributed by atoms with E-state index in [1.165, 1.54) is 17.7 Å². The Morgan fingerprint density at radius 3 is 2.46 bits per heavy atom. The van der Waals surface area contributed by atoms with Gasteiger partial charge in [-0.25, -0.2) is 4.39 Å². The van der Waals surface area contributed by atoms with Gasteiger partial charge in [0.15, 0.2) is 17.5 Å². The number of phenols is 1. The molecule has 0 saturated carbocycles. The molecule has 0 unspecified atom stereocenters. The van der Waals surface area contributed by atoms with Crippen molar-refractivity contribution in [2.75, 3.05) is 33.2 Å². The molecule has 2 aromatic carbocycles. The van der Waals surface area contributed by atoms with E-state index >= 15 is 0 Å².